The van der Waals surface area contributed by atoms with E-state index in [1.165, 1.54) is 10.4 Å². The molecule has 1 aromatic carbocycles. The fraction of sp³-hybridized carbons (Fsp3) is 0.593. The first kappa shape index (κ1) is 24.1. The number of amides is 1. The molecule has 34 heavy (non-hydrogen) atoms. The quantitative estimate of drug-likeness (QED) is 0.438. The molecule has 1 amide bonds. The van der Waals surface area contributed by atoms with Crippen molar-refractivity contribution in [3.05, 3.63) is 52.2 Å². The number of ether oxygens (including phenoxy) is 2. The van der Waals surface area contributed by atoms with Crippen LogP contribution in [-0.2, 0) is 16.1 Å². The van der Waals surface area contributed by atoms with E-state index < -0.39 is 5.60 Å². The highest BCUT2D eigenvalue weighted by molar-refractivity contribution is 7.10. The minimum absolute atomic E-state index is 0.0202. The van der Waals surface area contributed by atoms with Crippen LogP contribution in [0.3, 0.4) is 0 Å². The minimum Gasteiger partial charge on any atom is -0.485 e. The zero-order chi connectivity index (χ0) is 23.8. The van der Waals surface area contributed by atoms with Crippen LogP contribution in [0, 0.1) is 0 Å². The van der Waals surface area contributed by atoms with Gasteiger partial charge in [0.05, 0.1) is 12.1 Å². The van der Waals surface area contributed by atoms with Crippen molar-refractivity contribution in [2.45, 2.75) is 75.8 Å². The number of morpholine rings is 1. The van der Waals surface area contributed by atoms with Gasteiger partial charge in [-0.15, -0.1) is 22.9 Å². The summed E-state index contributed by atoms with van der Waals surface area (Å²) in [5.41, 5.74) is 0.479. The molecule has 1 aromatic heterocycles. The number of hydrogen-bond donors (Lipinski definition) is 0. The predicted octanol–water partition coefficient (Wildman–Crippen LogP) is 5.63. The average Bonchev–Trinajstić information content (AvgIpc) is 3.37. The van der Waals surface area contributed by atoms with Crippen LogP contribution in [0.25, 0.3) is 0 Å². The van der Waals surface area contributed by atoms with E-state index in [2.05, 4.69) is 59.4 Å². The van der Waals surface area contributed by atoms with Crippen molar-refractivity contribution in [2.24, 2.45) is 0 Å². The summed E-state index contributed by atoms with van der Waals surface area (Å²) in [5.74, 6) is 1.71. The van der Waals surface area contributed by atoms with Crippen molar-refractivity contribution < 1.29 is 14.3 Å². The second-order valence-corrected chi connectivity index (χ2v) is 11.6. The number of carbonyl (C=O) groups is 1. The normalized spacial score (nSPS) is 22.5. The van der Waals surface area contributed by atoms with E-state index >= 15 is 0 Å². The van der Waals surface area contributed by atoms with Crippen LogP contribution in [-0.4, -0.2) is 58.5 Å². The molecular formula is C27H35ClN2O3S. The van der Waals surface area contributed by atoms with Crippen molar-refractivity contribution in [1.82, 2.24) is 9.80 Å². The number of benzene rings is 1. The Morgan fingerprint density at radius 1 is 1.12 bits per heavy atom. The first-order valence-electron chi connectivity index (χ1n) is 12.5. The van der Waals surface area contributed by atoms with E-state index in [-0.39, 0.29) is 23.7 Å². The Morgan fingerprint density at radius 2 is 1.88 bits per heavy atom. The molecule has 2 spiro atoms. The van der Waals surface area contributed by atoms with E-state index in [1.54, 1.807) is 11.3 Å². The van der Waals surface area contributed by atoms with Gasteiger partial charge in [0, 0.05) is 48.4 Å². The Balaban J connectivity index is 1.25. The number of para-hydroxylation sites is 1. The highest BCUT2D eigenvalue weighted by Gasteiger charge is 2.62. The summed E-state index contributed by atoms with van der Waals surface area (Å²) < 4.78 is 13.1. The summed E-state index contributed by atoms with van der Waals surface area (Å²) in [6.07, 6.45) is 4.43. The monoisotopic (exact) mass is 502 g/mol. The molecule has 2 saturated heterocycles. The topological polar surface area (TPSA) is 42.0 Å². The summed E-state index contributed by atoms with van der Waals surface area (Å²) >= 11 is 7.80. The van der Waals surface area contributed by atoms with Gasteiger partial charge in [0.25, 0.3) is 5.91 Å². The van der Waals surface area contributed by atoms with Crippen molar-refractivity contribution >= 4 is 28.8 Å². The van der Waals surface area contributed by atoms with Gasteiger partial charge in [-0.2, -0.15) is 0 Å². The van der Waals surface area contributed by atoms with E-state index in [0.29, 0.717) is 5.88 Å². The molecule has 184 valence electrons. The summed E-state index contributed by atoms with van der Waals surface area (Å²) in [7, 11) is 0. The van der Waals surface area contributed by atoms with Crippen LogP contribution >= 0.6 is 22.9 Å². The van der Waals surface area contributed by atoms with Crippen molar-refractivity contribution in [3.63, 3.8) is 0 Å². The summed E-state index contributed by atoms with van der Waals surface area (Å²) in [6, 6.07) is 12.8. The molecule has 1 atom stereocenters. The standard InChI is InChI=1S/C27H35ClN2O3S/c1-20(2)30-19-26(33-27(10-11-27)25(30)31)12-15-29(16-13-26)18-21-6-3-4-7-22(21)32-23(9-14-28)24-8-5-17-34-24/h3-8,17,20,23H,9-16,18-19H2,1-2H3. The van der Waals surface area contributed by atoms with Gasteiger partial charge < -0.3 is 14.4 Å². The van der Waals surface area contributed by atoms with Crippen molar-refractivity contribution in [2.75, 3.05) is 25.5 Å². The molecule has 2 aliphatic heterocycles. The fourth-order valence-corrected chi connectivity index (χ4v) is 6.32. The largest absolute Gasteiger partial charge is 0.485 e. The Kier molecular flexibility index (Phi) is 6.95. The molecule has 1 saturated carbocycles. The van der Waals surface area contributed by atoms with E-state index in [1.807, 2.05) is 6.07 Å². The van der Waals surface area contributed by atoms with Gasteiger partial charge in [0.2, 0.25) is 0 Å². The number of hydrogen-bond acceptors (Lipinski definition) is 5. The van der Waals surface area contributed by atoms with Crippen LogP contribution < -0.4 is 4.74 Å². The molecule has 3 fully saturated rings. The van der Waals surface area contributed by atoms with Gasteiger partial charge >= 0.3 is 0 Å². The molecule has 0 N–H and O–H groups in total. The smallest absolute Gasteiger partial charge is 0.255 e. The van der Waals surface area contributed by atoms with E-state index in [4.69, 9.17) is 21.1 Å². The third-order valence-corrected chi connectivity index (χ3v) is 8.67. The number of alkyl halides is 1. The third kappa shape index (κ3) is 4.88. The molecule has 5 rings (SSSR count). The molecule has 0 bridgehead atoms. The first-order valence-corrected chi connectivity index (χ1v) is 13.9. The van der Waals surface area contributed by atoms with Crippen LogP contribution in [0.1, 0.15) is 62.5 Å². The fourth-order valence-electron chi connectivity index (χ4n) is 5.34. The average molecular weight is 503 g/mol. The van der Waals surface area contributed by atoms with Crippen LogP contribution in [0.4, 0.5) is 0 Å². The molecule has 1 unspecified atom stereocenters. The van der Waals surface area contributed by atoms with Crippen molar-refractivity contribution in [3.8, 4) is 5.75 Å². The zero-order valence-corrected chi connectivity index (χ0v) is 21.7. The maximum Gasteiger partial charge on any atom is 0.255 e. The molecular weight excluding hydrogens is 468 g/mol. The number of piperidine rings is 1. The van der Waals surface area contributed by atoms with Crippen LogP contribution in [0.5, 0.6) is 5.75 Å². The summed E-state index contributed by atoms with van der Waals surface area (Å²) in [5, 5.41) is 2.09. The third-order valence-electron chi connectivity index (χ3n) is 7.48. The zero-order valence-electron chi connectivity index (χ0n) is 20.2. The number of carbonyl (C=O) groups excluding carboxylic acids is 1. The lowest BCUT2D eigenvalue weighted by Gasteiger charge is -2.51. The van der Waals surface area contributed by atoms with Gasteiger partial charge in [-0.05, 0) is 57.0 Å². The van der Waals surface area contributed by atoms with Gasteiger partial charge in [-0.25, -0.2) is 0 Å². The lowest BCUT2D eigenvalue weighted by Crippen LogP contribution is -2.64. The number of halogens is 1. The van der Waals surface area contributed by atoms with Crippen molar-refractivity contribution in [1.29, 1.82) is 0 Å². The molecule has 3 heterocycles. The SMILES string of the molecule is CC(C)N1CC2(CCN(Cc3ccccc3OC(CCCl)c3cccs3)CC2)OC2(CC2)C1=O. The lowest BCUT2D eigenvalue weighted by molar-refractivity contribution is -0.203. The highest BCUT2D eigenvalue weighted by Crippen LogP contribution is 2.50. The maximum atomic E-state index is 12.9. The van der Waals surface area contributed by atoms with Gasteiger partial charge in [-0.3, -0.25) is 9.69 Å². The molecule has 7 heteroatoms. The summed E-state index contributed by atoms with van der Waals surface area (Å²) in [4.78, 5) is 18.7. The first-order chi connectivity index (χ1) is 16.4. The second-order valence-electron chi connectivity index (χ2n) is 10.3. The van der Waals surface area contributed by atoms with Gasteiger partial charge in [0.15, 0.2) is 0 Å². The van der Waals surface area contributed by atoms with Crippen LogP contribution in [0.2, 0.25) is 0 Å². The Labute approximate surface area is 212 Å². The lowest BCUT2D eigenvalue weighted by atomic mass is 9.87. The molecule has 3 aliphatic rings. The van der Waals surface area contributed by atoms with E-state index in [0.717, 1.165) is 64.0 Å². The molecule has 5 nitrogen and oxygen atoms in total. The number of likely N-dealkylation sites (tertiary alicyclic amines) is 1. The Bertz CT molecular complexity index is 984. The van der Waals surface area contributed by atoms with E-state index in [9.17, 15) is 4.79 Å². The number of thiophene rings is 1. The number of rotatable bonds is 8. The molecule has 0 radical (unpaired) electrons. The Hall–Kier alpha value is -1.60. The minimum atomic E-state index is -0.523. The highest BCUT2D eigenvalue weighted by atomic mass is 35.5. The second kappa shape index (κ2) is 9.81. The molecule has 1 aliphatic carbocycles. The van der Waals surface area contributed by atoms with Crippen LogP contribution in [0.15, 0.2) is 41.8 Å². The Morgan fingerprint density at radius 3 is 2.53 bits per heavy atom. The maximum absolute atomic E-state index is 12.9. The predicted molar refractivity (Wildman–Crippen MR) is 137 cm³/mol. The summed E-state index contributed by atoms with van der Waals surface area (Å²) in [6.45, 7) is 7.72. The van der Waals surface area contributed by atoms with Gasteiger partial charge in [0.1, 0.15) is 17.5 Å². The van der Waals surface area contributed by atoms with Gasteiger partial charge in [-0.1, -0.05) is 24.3 Å². The molecule has 2 aromatic rings. The number of nitrogens with zero attached hydrogens (tertiary/aromatic N) is 2.